The second-order valence-corrected chi connectivity index (χ2v) is 4.97. The molecule has 0 spiro atoms. The smallest absolute Gasteiger partial charge is 0.114 e. The lowest BCUT2D eigenvalue weighted by atomic mass is 9.99. The molecule has 0 saturated carbocycles. The molecule has 1 unspecified atom stereocenters. The summed E-state index contributed by atoms with van der Waals surface area (Å²) in [6.07, 6.45) is 4.38. The van der Waals surface area contributed by atoms with E-state index < -0.39 is 0 Å². The fourth-order valence-corrected chi connectivity index (χ4v) is 2.25. The van der Waals surface area contributed by atoms with E-state index in [0.717, 1.165) is 31.8 Å². The summed E-state index contributed by atoms with van der Waals surface area (Å²) < 4.78 is 5.74. The van der Waals surface area contributed by atoms with Crippen LogP contribution in [0.15, 0.2) is 30.0 Å². The van der Waals surface area contributed by atoms with Gasteiger partial charge in [0.1, 0.15) is 5.76 Å². The first-order chi connectivity index (χ1) is 8.72. The summed E-state index contributed by atoms with van der Waals surface area (Å²) in [7, 11) is 0. The summed E-state index contributed by atoms with van der Waals surface area (Å²) in [5.41, 5.74) is 3.99. The van der Waals surface area contributed by atoms with E-state index in [1.807, 2.05) is 0 Å². The Hall–Kier alpha value is -1.28. The largest absolute Gasteiger partial charge is 0.496 e. The van der Waals surface area contributed by atoms with Crippen molar-refractivity contribution in [3.8, 4) is 0 Å². The van der Waals surface area contributed by atoms with Gasteiger partial charge in [-0.05, 0) is 49.6 Å². The van der Waals surface area contributed by atoms with Crippen LogP contribution in [0.2, 0.25) is 0 Å². The number of hydrogen-bond acceptors (Lipinski definition) is 2. The molecule has 18 heavy (non-hydrogen) atoms. The molecule has 0 aromatic heterocycles. The van der Waals surface area contributed by atoms with E-state index in [2.05, 4.69) is 50.4 Å². The fourth-order valence-electron chi connectivity index (χ4n) is 2.25. The summed E-state index contributed by atoms with van der Waals surface area (Å²) in [5, 5.41) is 3.58. The molecule has 1 aliphatic rings. The van der Waals surface area contributed by atoms with Crippen LogP contribution in [0, 0.1) is 13.8 Å². The first kappa shape index (κ1) is 13.2. The highest BCUT2D eigenvalue weighted by Crippen LogP contribution is 2.27. The van der Waals surface area contributed by atoms with E-state index in [0.29, 0.717) is 0 Å². The lowest BCUT2D eigenvalue weighted by Crippen LogP contribution is -2.24. The highest BCUT2D eigenvalue weighted by Gasteiger charge is 2.20. The van der Waals surface area contributed by atoms with Crippen LogP contribution in [-0.2, 0) is 4.74 Å². The Bertz CT molecular complexity index is 437. The highest BCUT2D eigenvalue weighted by molar-refractivity contribution is 5.35. The second kappa shape index (κ2) is 6.05. The first-order valence-electron chi connectivity index (χ1n) is 6.85. The van der Waals surface area contributed by atoms with Crippen LogP contribution in [0.1, 0.15) is 42.5 Å². The predicted octanol–water partition coefficient (Wildman–Crippen LogP) is 3.65. The molecule has 0 bridgehead atoms. The molecule has 2 rings (SSSR count). The summed E-state index contributed by atoms with van der Waals surface area (Å²) in [6.45, 7) is 8.34. The van der Waals surface area contributed by atoms with E-state index in [1.165, 1.54) is 16.7 Å². The highest BCUT2D eigenvalue weighted by atomic mass is 16.5. The van der Waals surface area contributed by atoms with E-state index >= 15 is 0 Å². The van der Waals surface area contributed by atoms with Gasteiger partial charge in [0.2, 0.25) is 0 Å². The van der Waals surface area contributed by atoms with Gasteiger partial charge in [0.05, 0.1) is 12.6 Å². The van der Waals surface area contributed by atoms with E-state index in [1.54, 1.807) is 0 Å². The molecule has 1 aromatic rings. The maximum Gasteiger partial charge on any atom is 0.114 e. The molecular weight excluding hydrogens is 222 g/mol. The zero-order valence-electron chi connectivity index (χ0n) is 11.6. The number of aryl methyl sites for hydroxylation is 2. The van der Waals surface area contributed by atoms with Crippen molar-refractivity contribution in [2.45, 2.75) is 39.7 Å². The van der Waals surface area contributed by atoms with Gasteiger partial charge in [0, 0.05) is 6.42 Å². The van der Waals surface area contributed by atoms with Gasteiger partial charge in [-0.1, -0.05) is 25.1 Å². The van der Waals surface area contributed by atoms with Gasteiger partial charge in [-0.25, -0.2) is 0 Å². The zero-order chi connectivity index (χ0) is 13.0. The zero-order valence-corrected chi connectivity index (χ0v) is 11.6. The second-order valence-electron chi connectivity index (χ2n) is 4.97. The molecule has 1 aromatic carbocycles. The molecule has 0 saturated heterocycles. The van der Waals surface area contributed by atoms with Crippen LogP contribution < -0.4 is 5.32 Å². The number of rotatable bonds is 5. The standard InChI is InChI=1S/C16H23NO/c1-4-9-17-16(15-6-5-10-18-15)14-8-7-12(2)13(3)11-14/h6-8,11,16-17H,4-5,9-10H2,1-3H3. The third kappa shape index (κ3) is 2.94. The molecule has 1 aliphatic heterocycles. The normalized spacial score (nSPS) is 16.3. The summed E-state index contributed by atoms with van der Waals surface area (Å²) in [6, 6.07) is 6.89. The van der Waals surface area contributed by atoms with Gasteiger partial charge in [-0.15, -0.1) is 0 Å². The Balaban J connectivity index is 2.23. The van der Waals surface area contributed by atoms with Crippen LogP contribution in [0.4, 0.5) is 0 Å². The maximum absolute atomic E-state index is 5.74. The van der Waals surface area contributed by atoms with Crippen molar-refractivity contribution in [1.29, 1.82) is 0 Å². The quantitative estimate of drug-likeness (QED) is 0.855. The van der Waals surface area contributed by atoms with E-state index in [9.17, 15) is 0 Å². The topological polar surface area (TPSA) is 21.3 Å². The Morgan fingerprint density at radius 3 is 2.72 bits per heavy atom. The van der Waals surface area contributed by atoms with Crippen molar-refractivity contribution in [3.63, 3.8) is 0 Å². The monoisotopic (exact) mass is 245 g/mol. The first-order valence-corrected chi connectivity index (χ1v) is 6.85. The van der Waals surface area contributed by atoms with Gasteiger partial charge in [0.25, 0.3) is 0 Å². The van der Waals surface area contributed by atoms with Crippen molar-refractivity contribution < 1.29 is 4.74 Å². The minimum atomic E-state index is 0.215. The molecule has 2 heteroatoms. The van der Waals surface area contributed by atoms with Crippen LogP contribution >= 0.6 is 0 Å². The Kier molecular flexibility index (Phi) is 4.43. The Morgan fingerprint density at radius 1 is 1.28 bits per heavy atom. The Labute approximate surface area is 110 Å². The predicted molar refractivity (Wildman–Crippen MR) is 75.6 cm³/mol. The van der Waals surface area contributed by atoms with Gasteiger partial charge >= 0.3 is 0 Å². The van der Waals surface area contributed by atoms with Crippen molar-refractivity contribution >= 4 is 0 Å². The lowest BCUT2D eigenvalue weighted by molar-refractivity contribution is 0.215. The Morgan fingerprint density at radius 2 is 2.11 bits per heavy atom. The number of hydrogen-bond donors (Lipinski definition) is 1. The fraction of sp³-hybridized carbons (Fsp3) is 0.500. The average Bonchev–Trinajstić information content (AvgIpc) is 2.88. The summed E-state index contributed by atoms with van der Waals surface area (Å²) in [5.74, 6) is 1.09. The molecule has 0 aliphatic carbocycles. The van der Waals surface area contributed by atoms with E-state index in [4.69, 9.17) is 4.74 Å². The minimum Gasteiger partial charge on any atom is -0.496 e. The SMILES string of the molecule is CCCNC(C1=CCCO1)c1ccc(C)c(C)c1. The van der Waals surface area contributed by atoms with Crippen LogP contribution in [0.5, 0.6) is 0 Å². The molecule has 1 N–H and O–H groups in total. The van der Waals surface area contributed by atoms with Gasteiger partial charge in [0.15, 0.2) is 0 Å². The molecule has 98 valence electrons. The maximum atomic E-state index is 5.74. The number of ether oxygens (including phenoxy) is 1. The number of nitrogens with one attached hydrogen (secondary N) is 1. The molecule has 2 nitrogen and oxygen atoms in total. The van der Waals surface area contributed by atoms with Crippen molar-refractivity contribution in [3.05, 3.63) is 46.7 Å². The van der Waals surface area contributed by atoms with Crippen molar-refractivity contribution in [1.82, 2.24) is 5.32 Å². The molecule has 1 atom stereocenters. The van der Waals surface area contributed by atoms with E-state index in [-0.39, 0.29) is 6.04 Å². The van der Waals surface area contributed by atoms with Crippen LogP contribution in [0.3, 0.4) is 0 Å². The molecule has 0 fully saturated rings. The van der Waals surface area contributed by atoms with Crippen molar-refractivity contribution in [2.24, 2.45) is 0 Å². The van der Waals surface area contributed by atoms with Crippen LogP contribution in [0.25, 0.3) is 0 Å². The average molecular weight is 245 g/mol. The lowest BCUT2D eigenvalue weighted by Gasteiger charge is -2.21. The van der Waals surface area contributed by atoms with Crippen molar-refractivity contribution in [2.75, 3.05) is 13.2 Å². The molecule has 0 radical (unpaired) electrons. The van der Waals surface area contributed by atoms with Gasteiger partial charge in [-0.3, -0.25) is 0 Å². The van der Waals surface area contributed by atoms with Gasteiger partial charge < -0.3 is 10.1 Å². The summed E-state index contributed by atoms with van der Waals surface area (Å²) in [4.78, 5) is 0. The third-order valence-electron chi connectivity index (χ3n) is 3.48. The molecule has 1 heterocycles. The third-order valence-corrected chi connectivity index (χ3v) is 3.48. The molecule has 0 amide bonds. The molecular formula is C16H23NO. The number of benzene rings is 1. The van der Waals surface area contributed by atoms with Crippen LogP contribution in [-0.4, -0.2) is 13.2 Å². The summed E-state index contributed by atoms with van der Waals surface area (Å²) >= 11 is 0. The minimum absolute atomic E-state index is 0.215. The van der Waals surface area contributed by atoms with Gasteiger partial charge in [-0.2, -0.15) is 0 Å².